The molecule has 1 unspecified atom stereocenters. The van der Waals surface area contributed by atoms with Crippen LogP contribution in [0, 0.1) is 0 Å². The third kappa shape index (κ3) is 11.4. The van der Waals surface area contributed by atoms with E-state index in [0.29, 0.717) is 5.56 Å². The highest BCUT2D eigenvalue weighted by atomic mass is 79.9. The van der Waals surface area contributed by atoms with Gasteiger partial charge < -0.3 is 4.74 Å². The highest BCUT2D eigenvalue weighted by Gasteiger charge is 2.11. The average molecular weight is 411 g/mol. The number of ether oxygens (including phenoxy) is 1. The van der Waals surface area contributed by atoms with Crippen LogP contribution in [-0.2, 0) is 4.74 Å². The Bertz CT molecular complexity index is 456. The molecule has 0 aromatic heterocycles. The number of unbranched alkanes of at least 4 members (excludes halogenated alkanes) is 10. The Kier molecular flexibility index (Phi) is 12.8. The second-order valence-corrected chi connectivity index (χ2v) is 7.96. The summed E-state index contributed by atoms with van der Waals surface area (Å²) in [6.07, 6.45) is 15.7. The van der Waals surface area contributed by atoms with Gasteiger partial charge in [-0.15, -0.1) is 0 Å². The lowest BCUT2D eigenvalue weighted by atomic mass is 10.0. The molecule has 0 aliphatic carbocycles. The average Bonchev–Trinajstić information content (AvgIpc) is 2.60. The Labute approximate surface area is 162 Å². The predicted molar refractivity (Wildman–Crippen MR) is 110 cm³/mol. The third-order valence-corrected chi connectivity index (χ3v) is 5.13. The van der Waals surface area contributed by atoms with Crippen LogP contribution in [0.3, 0.4) is 0 Å². The van der Waals surface area contributed by atoms with Crippen molar-refractivity contribution in [2.75, 3.05) is 0 Å². The van der Waals surface area contributed by atoms with Gasteiger partial charge in [0.25, 0.3) is 0 Å². The van der Waals surface area contributed by atoms with Crippen LogP contribution in [0.4, 0.5) is 0 Å². The largest absolute Gasteiger partial charge is 0.459 e. The minimum Gasteiger partial charge on any atom is -0.459 e. The fourth-order valence-electron chi connectivity index (χ4n) is 2.99. The summed E-state index contributed by atoms with van der Waals surface area (Å²) in [6.45, 7) is 4.26. The van der Waals surface area contributed by atoms with Crippen molar-refractivity contribution in [3.05, 3.63) is 34.3 Å². The second-order valence-electron chi connectivity index (χ2n) is 7.05. The van der Waals surface area contributed by atoms with E-state index in [-0.39, 0.29) is 12.1 Å². The minimum atomic E-state index is -0.219. The molecule has 0 saturated carbocycles. The van der Waals surface area contributed by atoms with Gasteiger partial charge in [0, 0.05) is 4.47 Å². The highest BCUT2D eigenvalue weighted by molar-refractivity contribution is 9.10. The van der Waals surface area contributed by atoms with Crippen molar-refractivity contribution in [2.24, 2.45) is 0 Å². The van der Waals surface area contributed by atoms with E-state index in [4.69, 9.17) is 4.74 Å². The summed E-state index contributed by atoms with van der Waals surface area (Å²) in [5.41, 5.74) is 0.619. The smallest absolute Gasteiger partial charge is 0.338 e. The number of hydrogen-bond donors (Lipinski definition) is 0. The summed E-state index contributed by atoms with van der Waals surface area (Å²) in [7, 11) is 0. The number of halogens is 1. The van der Waals surface area contributed by atoms with Crippen molar-refractivity contribution in [3.8, 4) is 0 Å². The molecule has 0 bridgehead atoms. The molecule has 0 fully saturated rings. The van der Waals surface area contributed by atoms with Crippen LogP contribution in [0.5, 0.6) is 0 Å². The zero-order chi connectivity index (χ0) is 18.3. The maximum Gasteiger partial charge on any atom is 0.338 e. The Morgan fingerprint density at radius 1 is 0.880 bits per heavy atom. The Hall–Kier alpha value is -0.830. The van der Waals surface area contributed by atoms with Crippen LogP contribution in [0.2, 0.25) is 0 Å². The van der Waals surface area contributed by atoms with Crippen LogP contribution in [0.1, 0.15) is 101 Å². The van der Waals surface area contributed by atoms with Crippen LogP contribution in [0.25, 0.3) is 0 Å². The first kappa shape index (κ1) is 22.2. The van der Waals surface area contributed by atoms with Gasteiger partial charge >= 0.3 is 5.97 Å². The monoisotopic (exact) mass is 410 g/mol. The first-order chi connectivity index (χ1) is 12.1. The van der Waals surface area contributed by atoms with Gasteiger partial charge in [0.05, 0.1) is 11.7 Å². The zero-order valence-electron chi connectivity index (χ0n) is 16.1. The molecule has 1 aromatic carbocycles. The Morgan fingerprint density at radius 2 is 1.36 bits per heavy atom. The van der Waals surface area contributed by atoms with Crippen molar-refractivity contribution in [1.82, 2.24) is 0 Å². The van der Waals surface area contributed by atoms with E-state index in [0.717, 1.165) is 17.3 Å². The number of rotatable bonds is 14. The molecule has 2 nitrogen and oxygen atoms in total. The molecule has 1 atom stereocenters. The molecule has 0 spiro atoms. The van der Waals surface area contributed by atoms with E-state index in [1.807, 2.05) is 19.1 Å². The molecule has 0 N–H and O–H groups in total. The van der Waals surface area contributed by atoms with Gasteiger partial charge in [-0.25, -0.2) is 4.79 Å². The van der Waals surface area contributed by atoms with Gasteiger partial charge in [-0.1, -0.05) is 87.1 Å². The quantitative estimate of drug-likeness (QED) is 0.232. The topological polar surface area (TPSA) is 26.3 Å². The van der Waals surface area contributed by atoms with Crippen molar-refractivity contribution in [2.45, 2.75) is 97.0 Å². The summed E-state index contributed by atoms with van der Waals surface area (Å²) in [5, 5.41) is 0. The number of esters is 1. The van der Waals surface area contributed by atoms with Crippen molar-refractivity contribution < 1.29 is 9.53 Å². The number of carbonyl (C=O) groups excluding carboxylic acids is 1. The van der Waals surface area contributed by atoms with E-state index in [9.17, 15) is 4.79 Å². The predicted octanol–water partition coefficient (Wildman–Crippen LogP) is 7.70. The van der Waals surface area contributed by atoms with Crippen molar-refractivity contribution in [3.63, 3.8) is 0 Å². The molecule has 1 rings (SSSR count). The van der Waals surface area contributed by atoms with Crippen molar-refractivity contribution in [1.29, 1.82) is 0 Å². The van der Waals surface area contributed by atoms with Crippen LogP contribution >= 0.6 is 15.9 Å². The zero-order valence-corrected chi connectivity index (χ0v) is 17.7. The number of hydrogen-bond acceptors (Lipinski definition) is 2. The summed E-state index contributed by atoms with van der Waals surface area (Å²) in [4.78, 5) is 12.0. The molecule has 0 radical (unpaired) electrons. The normalized spacial score (nSPS) is 12.1. The van der Waals surface area contributed by atoms with Crippen LogP contribution < -0.4 is 0 Å². The molecule has 0 saturated heterocycles. The maximum atomic E-state index is 12.0. The van der Waals surface area contributed by atoms with Gasteiger partial charge in [0.2, 0.25) is 0 Å². The van der Waals surface area contributed by atoms with E-state index in [1.165, 1.54) is 64.2 Å². The van der Waals surface area contributed by atoms with Gasteiger partial charge in [-0.3, -0.25) is 0 Å². The van der Waals surface area contributed by atoms with Crippen LogP contribution in [-0.4, -0.2) is 12.1 Å². The molecule has 0 aliphatic rings. The Balaban J connectivity index is 1.97. The van der Waals surface area contributed by atoms with Crippen molar-refractivity contribution >= 4 is 21.9 Å². The van der Waals surface area contributed by atoms with Gasteiger partial charge in [0.15, 0.2) is 0 Å². The van der Waals surface area contributed by atoms with E-state index >= 15 is 0 Å². The summed E-state index contributed by atoms with van der Waals surface area (Å²) in [5.74, 6) is -0.219. The molecule has 3 heteroatoms. The molecular formula is C22H35BrO2. The summed E-state index contributed by atoms with van der Waals surface area (Å²) < 4.78 is 6.48. The Morgan fingerprint density at radius 3 is 1.88 bits per heavy atom. The fraction of sp³-hybridized carbons (Fsp3) is 0.682. The molecule has 0 heterocycles. The lowest BCUT2D eigenvalue weighted by Crippen LogP contribution is -2.14. The molecule has 142 valence electrons. The molecule has 1 aromatic rings. The highest BCUT2D eigenvalue weighted by Crippen LogP contribution is 2.15. The fourth-order valence-corrected chi connectivity index (χ4v) is 3.26. The van der Waals surface area contributed by atoms with E-state index in [1.54, 1.807) is 12.1 Å². The molecule has 0 aliphatic heterocycles. The lowest BCUT2D eigenvalue weighted by molar-refractivity contribution is 0.0319. The van der Waals surface area contributed by atoms with Gasteiger partial charge in [-0.05, 0) is 44.0 Å². The molecular weight excluding hydrogens is 376 g/mol. The van der Waals surface area contributed by atoms with Crippen LogP contribution in [0.15, 0.2) is 28.7 Å². The first-order valence-electron chi connectivity index (χ1n) is 10.1. The number of carbonyl (C=O) groups is 1. The minimum absolute atomic E-state index is 0.00490. The third-order valence-electron chi connectivity index (χ3n) is 4.60. The van der Waals surface area contributed by atoms with Gasteiger partial charge in [-0.2, -0.15) is 0 Å². The molecule has 0 amide bonds. The SMILES string of the molecule is CCCCCCCCCCCCCC(C)OC(=O)c1ccc(Br)cc1. The van der Waals surface area contributed by atoms with Gasteiger partial charge in [0.1, 0.15) is 0 Å². The summed E-state index contributed by atoms with van der Waals surface area (Å²) in [6, 6.07) is 7.32. The standard InChI is InChI=1S/C22H35BrO2/c1-3-4-5-6-7-8-9-10-11-12-13-14-19(2)25-22(24)20-15-17-21(23)18-16-20/h15-19H,3-14H2,1-2H3. The number of benzene rings is 1. The lowest BCUT2D eigenvalue weighted by Gasteiger charge is -2.13. The van der Waals surface area contributed by atoms with E-state index in [2.05, 4.69) is 22.9 Å². The maximum absolute atomic E-state index is 12.0. The van der Waals surface area contributed by atoms with E-state index < -0.39 is 0 Å². The second kappa shape index (κ2) is 14.4. The molecule has 25 heavy (non-hydrogen) atoms. The summed E-state index contributed by atoms with van der Waals surface area (Å²) >= 11 is 3.37. The first-order valence-corrected chi connectivity index (χ1v) is 10.9.